The molecule has 0 unspecified atom stereocenters. The van der Waals surface area contributed by atoms with Crippen molar-refractivity contribution in [2.24, 2.45) is 0 Å². The molecule has 1 aliphatic carbocycles. The van der Waals surface area contributed by atoms with E-state index in [0.29, 0.717) is 12.4 Å². The highest BCUT2D eigenvalue weighted by molar-refractivity contribution is 5.62. The predicted molar refractivity (Wildman–Crippen MR) is 66.7 cm³/mol. The predicted octanol–water partition coefficient (Wildman–Crippen LogP) is 2.93. The standard InChI is InChI=1S/C11H13F3N4O2/c1-2-15-8-4-3-7(18(19)20)9(16-8)17-10(5-6-10)11(12,13)14/h3-4H,2,5-6H2,1H3,(H2,15,16,17). The summed E-state index contributed by atoms with van der Waals surface area (Å²) in [6.07, 6.45) is -4.68. The molecule has 0 bridgehead atoms. The first-order valence-corrected chi connectivity index (χ1v) is 6.03. The maximum absolute atomic E-state index is 12.9. The van der Waals surface area contributed by atoms with Gasteiger partial charge in [-0.15, -0.1) is 0 Å². The van der Waals surface area contributed by atoms with Gasteiger partial charge in [-0.25, -0.2) is 4.98 Å². The van der Waals surface area contributed by atoms with Crippen LogP contribution in [0.15, 0.2) is 12.1 Å². The number of hydrogen-bond donors (Lipinski definition) is 2. The maximum atomic E-state index is 12.9. The number of hydrogen-bond acceptors (Lipinski definition) is 5. The van der Waals surface area contributed by atoms with Crippen LogP contribution in [0.5, 0.6) is 0 Å². The molecule has 0 radical (unpaired) electrons. The zero-order valence-corrected chi connectivity index (χ0v) is 10.6. The molecule has 1 aromatic heterocycles. The molecule has 2 rings (SSSR count). The van der Waals surface area contributed by atoms with E-state index in [-0.39, 0.29) is 18.7 Å². The van der Waals surface area contributed by atoms with E-state index in [2.05, 4.69) is 15.6 Å². The quantitative estimate of drug-likeness (QED) is 0.643. The lowest BCUT2D eigenvalue weighted by Crippen LogP contribution is -2.39. The van der Waals surface area contributed by atoms with Crippen LogP contribution in [0.25, 0.3) is 0 Å². The first-order chi connectivity index (χ1) is 9.29. The van der Waals surface area contributed by atoms with Gasteiger partial charge in [-0.3, -0.25) is 10.1 Å². The number of halogens is 3. The fourth-order valence-electron chi connectivity index (χ4n) is 1.80. The Labute approximate surface area is 112 Å². The molecule has 1 aliphatic rings. The molecule has 0 atom stereocenters. The Morgan fingerprint density at radius 1 is 1.45 bits per heavy atom. The minimum atomic E-state index is -4.46. The SMILES string of the molecule is CCNc1ccc([N+](=O)[O-])c(NC2(C(F)(F)F)CC2)n1. The van der Waals surface area contributed by atoms with Gasteiger partial charge < -0.3 is 10.6 Å². The monoisotopic (exact) mass is 290 g/mol. The van der Waals surface area contributed by atoms with E-state index >= 15 is 0 Å². The van der Waals surface area contributed by atoms with Crippen molar-refractivity contribution in [3.63, 3.8) is 0 Å². The van der Waals surface area contributed by atoms with Crippen LogP contribution in [-0.4, -0.2) is 28.2 Å². The van der Waals surface area contributed by atoms with E-state index in [1.165, 1.54) is 6.07 Å². The molecular formula is C11H13F3N4O2. The summed E-state index contributed by atoms with van der Waals surface area (Å²) in [7, 11) is 0. The number of rotatable bonds is 5. The summed E-state index contributed by atoms with van der Waals surface area (Å²) in [4.78, 5) is 14.0. The summed E-state index contributed by atoms with van der Waals surface area (Å²) >= 11 is 0. The third-order valence-corrected chi connectivity index (χ3v) is 3.08. The first-order valence-electron chi connectivity index (χ1n) is 6.03. The van der Waals surface area contributed by atoms with Crippen molar-refractivity contribution < 1.29 is 18.1 Å². The Morgan fingerprint density at radius 3 is 2.55 bits per heavy atom. The van der Waals surface area contributed by atoms with E-state index in [4.69, 9.17) is 0 Å². The van der Waals surface area contributed by atoms with Crippen LogP contribution in [0.1, 0.15) is 19.8 Å². The summed E-state index contributed by atoms with van der Waals surface area (Å²) in [5.74, 6) is -0.0677. The van der Waals surface area contributed by atoms with E-state index in [1.54, 1.807) is 6.92 Å². The van der Waals surface area contributed by atoms with Gasteiger partial charge in [0, 0.05) is 12.6 Å². The lowest BCUT2D eigenvalue weighted by Gasteiger charge is -2.21. The Morgan fingerprint density at radius 2 is 2.10 bits per heavy atom. The van der Waals surface area contributed by atoms with Crippen LogP contribution in [0.3, 0.4) is 0 Å². The van der Waals surface area contributed by atoms with Crippen molar-refractivity contribution in [1.29, 1.82) is 0 Å². The fraction of sp³-hybridized carbons (Fsp3) is 0.545. The molecule has 2 N–H and O–H groups in total. The largest absolute Gasteiger partial charge is 0.411 e. The van der Waals surface area contributed by atoms with Gasteiger partial charge in [0.2, 0.25) is 5.82 Å². The number of alkyl halides is 3. The average molecular weight is 290 g/mol. The van der Waals surface area contributed by atoms with E-state index in [1.807, 2.05) is 0 Å². The normalized spacial score (nSPS) is 16.6. The van der Waals surface area contributed by atoms with Gasteiger partial charge in [0.15, 0.2) is 0 Å². The highest BCUT2D eigenvalue weighted by atomic mass is 19.4. The second kappa shape index (κ2) is 4.80. The molecule has 1 saturated carbocycles. The minimum absolute atomic E-state index is 0.110. The van der Waals surface area contributed by atoms with Gasteiger partial charge in [-0.2, -0.15) is 13.2 Å². The minimum Gasteiger partial charge on any atom is -0.370 e. The van der Waals surface area contributed by atoms with Gasteiger partial charge >= 0.3 is 11.9 Å². The zero-order valence-electron chi connectivity index (χ0n) is 10.6. The second-order valence-corrected chi connectivity index (χ2v) is 4.56. The van der Waals surface area contributed by atoms with Crippen molar-refractivity contribution in [3.8, 4) is 0 Å². The summed E-state index contributed by atoms with van der Waals surface area (Å²) < 4.78 is 38.7. The molecule has 0 spiro atoms. The van der Waals surface area contributed by atoms with Gasteiger partial charge in [0.05, 0.1) is 4.92 Å². The van der Waals surface area contributed by atoms with Crippen molar-refractivity contribution in [2.75, 3.05) is 17.2 Å². The number of pyridine rings is 1. The van der Waals surface area contributed by atoms with E-state index in [0.717, 1.165) is 6.07 Å². The molecule has 0 aromatic carbocycles. The van der Waals surface area contributed by atoms with Crippen LogP contribution in [0.2, 0.25) is 0 Å². The van der Waals surface area contributed by atoms with E-state index < -0.39 is 22.3 Å². The molecule has 0 aliphatic heterocycles. The van der Waals surface area contributed by atoms with Crippen molar-refractivity contribution >= 4 is 17.3 Å². The summed E-state index contributed by atoms with van der Waals surface area (Å²) in [5.41, 5.74) is -2.56. The van der Waals surface area contributed by atoms with Gasteiger partial charge in [-0.1, -0.05) is 0 Å². The van der Waals surface area contributed by atoms with Crippen molar-refractivity contribution in [1.82, 2.24) is 4.98 Å². The zero-order chi connectivity index (χ0) is 15.0. The van der Waals surface area contributed by atoms with Crippen molar-refractivity contribution in [2.45, 2.75) is 31.5 Å². The molecule has 110 valence electrons. The Hall–Kier alpha value is -2.06. The molecule has 0 saturated heterocycles. The smallest absolute Gasteiger partial charge is 0.370 e. The van der Waals surface area contributed by atoms with Crippen LogP contribution in [0.4, 0.5) is 30.5 Å². The van der Waals surface area contributed by atoms with Crippen molar-refractivity contribution in [3.05, 3.63) is 22.2 Å². The average Bonchev–Trinajstić information content (AvgIpc) is 3.09. The molecule has 6 nitrogen and oxygen atoms in total. The van der Waals surface area contributed by atoms with Crippen LogP contribution >= 0.6 is 0 Å². The molecule has 1 aromatic rings. The topological polar surface area (TPSA) is 80.1 Å². The van der Waals surface area contributed by atoms with Gasteiger partial charge in [-0.05, 0) is 25.8 Å². The summed E-state index contributed by atoms with van der Waals surface area (Å²) in [6, 6.07) is 2.50. The number of nitrogens with zero attached hydrogens (tertiary/aromatic N) is 2. The van der Waals surface area contributed by atoms with Crippen LogP contribution in [0, 0.1) is 10.1 Å². The number of anilines is 2. The molecule has 20 heavy (non-hydrogen) atoms. The molecule has 1 heterocycles. The number of nitrogens with one attached hydrogen (secondary N) is 2. The Balaban J connectivity index is 2.34. The first kappa shape index (κ1) is 14.4. The molecule has 1 fully saturated rings. The number of nitro groups is 1. The lowest BCUT2D eigenvalue weighted by molar-refractivity contribution is -0.384. The molecule has 9 heteroatoms. The third kappa shape index (κ3) is 2.61. The Bertz CT molecular complexity index is 529. The van der Waals surface area contributed by atoms with Crippen LogP contribution < -0.4 is 10.6 Å². The van der Waals surface area contributed by atoms with Gasteiger partial charge in [0.25, 0.3) is 0 Å². The Kier molecular flexibility index (Phi) is 3.45. The summed E-state index contributed by atoms with van der Waals surface area (Å²) in [6.45, 7) is 2.29. The highest BCUT2D eigenvalue weighted by Crippen LogP contribution is 2.51. The molecule has 0 amide bonds. The highest BCUT2D eigenvalue weighted by Gasteiger charge is 2.64. The van der Waals surface area contributed by atoms with E-state index in [9.17, 15) is 23.3 Å². The third-order valence-electron chi connectivity index (χ3n) is 3.08. The van der Waals surface area contributed by atoms with Gasteiger partial charge in [0.1, 0.15) is 11.4 Å². The maximum Gasteiger partial charge on any atom is 0.411 e. The summed E-state index contributed by atoms with van der Waals surface area (Å²) in [5, 5.41) is 15.9. The second-order valence-electron chi connectivity index (χ2n) is 4.56. The lowest BCUT2D eigenvalue weighted by atomic mass is 10.2. The molecular weight excluding hydrogens is 277 g/mol. The number of aromatic nitrogens is 1. The van der Waals surface area contributed by atoms with Crippen LogP contribution in [-0.2, 0) is 0 Å². The fourth-order valence-corrected chi connectivity index (χ4v) is 1.80.